The maximum atomic E-state index is 13.2. The van der Waals surface area contributed by atoms with Gasteiger partial charge in [0.05, 0.1) is 31.4 Å². The van der Waals surface area contributed by atoms with Crippen LogP contribution in [-0.4, -0.2) is 49.7 Å². The Bertz CT molecular complexity index is 960. The average Bonchev–Trinajstić information content (AvgIpc) is 3.33. The van der Waals surface area contributed by atoms with Crippen LogP contribution in [0.15, 0.2) is 46.5 Å². The number of dihydropyridines is 1. The van der Waals surface area contributed by atoms with E-state index in [1.54, 1.807) is 24.3 Å². The van der Waals surface area contributed by atoms with Gasteiger partial charge >= 0.3 is 11.9 Å². The molecule has 0 unspecified atom stereocenters. The Morgan fingerprint density at radius 1 is 1.10 bits per heavy atom. The van der Waals surface area contributed by atoms with Crippen molar-refractivity contribution in [1.29, 1.82) is 0 Å². The zero-order chi connectivity index (χ0) is 20.7. The molecule has 1 N–H and O–H groups in total. The van der Waals surface area contributed by atoms with Crippen molar-refractivity contribution in [3.8, 4) is 0 Å². The molecule has 1 aromatic carbocycles. The number of carbonyl (C=O) groups is 4. The number of methoxy groups -OCH3 is 2. The van der Waals surface area contributed by atoms with Crippen LogP contribution in [0.1, 0.15) is 12.8 Å². The number of ether oxygens (including phenoxy) is 2. The number of amides is 1. The predicted octanol–water partition coefficient (Wildman–Crippen LogP) is 0.556. The van der Waals surface area contributed by atoms with Gasteiger partial charge in [-0.15, -0.1) is 0 Å². The standard InChI is InChI=1S/C20H19N3O6/c1-28-19(26)15-11-8-9-12(16(24)20(27)29-2)13(11)14-17(21-15)22-23(18(14)25)10-6-4-3-5-7-10/h3-7,11-12,17,22H,8-9H2,1-2H3/t11-,12-,17-/m1/s1. The summed E-state index contributed by atoms with van der Waals surface area (Å²) in [5.74, 6) is -4.06. The van der Waals surface area contributed by atoms with Crippen molar-refractivity contribution in [3.05, 3.63) is 41.5 Å². The third kappa shape index (κ3) is 2.94. The van der Waals surface area contributed by atoms with E-state index in [1.807, 2.05) is 6.07 Å². The van der Waals surface area contributed by atoms with Crippen molar-refractivity contribution >= 4 is 35.0 Å². The third-order valence-electron chi connectivity index (χ3n) is 5.47. The topological polar surface area (TPSA) is 114 Å². The molecular formula is C20H19N3O6. The highest BCUT2D eigenvalue weighted by Crippen LogP contribution is 2.45. The number of para-hydroxylation sites is 1. The maximum Gasteiger partial charge on any atom is 0.374 e. The molecule has 4 rings (SSSR count). The van der Waals surface area contributed by atoms with Gasteiger partial charge in [0.25, 0.3) is 5.91 Å². The molecule has 9 nitrogen and oxygen atoms in total. The molecular weight excluding hydrogens is 378 g/mol. The second-order valence-corrected chi connectivity index (χ2v) is 6.92. The normalized spacial score (nSPS) is 25.3. The molecule has 1 amide bonds. The summed E-state index contributed by atoms with van der Waals surface area (Å²) in [5, 5.41) is 1.34. The minimum atomic E-state index is -0.972. The molecule has 0 bridgehead atoms. The van der Waals surface area contributed by atoms with E-state index in [4.69, 9.17) is 4.74 Å². The fraction of sp³-hybridized carbons (Fsp3) is 0.350. The first-order valence-electron chi connectivity index (χ1n) is 9.15. The predicted molar refractivity (Wildman–Crippen MR) is 101 cm³/mol. The van der Waals surface area contributed by atoms with Crippen LogP contribution in [0.2, 0.25) is 0 Å². The quantitative estimate of drug-likeness (QED) is 0.583. The van der Waals surface area contributed by atoms with Crippen molar-refractivity contribution < 1.29 is 28.7 Å². The van der Waals surface area contributed by atoms with Crippen molar-refractivity contribution in [2.75, 3.05) is 19.2 Å². The number of ketones is 1. The monoisotopic (exact) mass is 397 g/mol. The third-order valence-corrected chi connectivity index (χ3v) is 5.47. The number of hydrogen-bond acceptors (Lipinski definition) is 8. The van der Waals surface area contributed by atoms with Gasteiger partial charge in [-0.3, -0.25) is 14.6 Å². The number of benzene rings is 1. The number of rotatable bonds is 4. The number of hydrazine groups is 1. The highest BCUT2D eigenvalue weighted by atomic mass is 16.5. The van der Waals surface area contributed by atoms with E-state index < -0.39 is 35.7 Å². The summed E-state index contributed by atoms with van der Waals surface area (Å²) in [6.07, 6.45) is -0.112. The molecule has 29 heavy (non-hydrogen) atoms. The lowest BCUT2D eigenvalue weighted by atomic mass is 9.83. The lowest BCUT2D eigenvalue weighted by Crippen LogP contribution is -2.39. The van der Waals surface area contributed by atoms with Gasteiger partial charge < -0.3 is 9.47 Å². The van der Waals surface area contributed by atoms with E-state index in [2.05, 4.69) is 15.2 Å². The molecule has 0 radical (unpaired) electrons. The molecule has 0 spiro atoms. The number of aliphatic imine (C=N–C) groups is 1. The van der Waals surface area contributed by atoms with Crippen molar-refractivity contribution in [3.63, 3.8) is 0 Å². The van der Waals surface area contributed by atoms with E-state index >= 15 is 0 Å². The molecule has 2 heterocycles. The molecule has 9 heteroatoms. The molecule has 1 aliphatic carbocycles. The number of carbonyl (C=O) groups excluding carboxylic acids is 4. The minimum Gasteiger partial charge on any atom is -0.465 e. The summed E-state index contributed by atoms with van der Waals surface area (Å²) in [5.41, 5.74) is 4.48. The van der Waals surface area contributed by atoms with Crippen LogP contribution in [0.5, 0.6) is 0 Å². The van der Waals surface area contributed by atoms with Gasteiger partial charge in [-0.05, 0) is 30.5 Å². The lowest BCUT2D eigenvalue weighted by Gasteiger charge is -2.24. The minimum absolute atomic E-state index is 0.145. The second kappa shape index (κ2) is 7.25. The van der Waals surface area contributed by atoms with Crippen LogP contribution >= 0.6 is 0 Å². The first kappa shape index (κ1) is 19.0. The first-order chi connectivity index (χ1) is 14.0. The van der Waals surface area contributed by atoms with Crippen molar-refractivity contribution in [2.24, 2.45) is 16.8 Å². The summed E-state index contributed by atoms with van der Waals surface area (Å²) in [6.45, 7) is 0. The number of hydrogen-bond donors (Lipinski definition) is 1. The Hall–Kier alpha value is -3.33. The average molecular weight is 397 g/mol. The Morgan fingerprint density at radius 2 is 1.83 bits per heavy atom. The number of nitrogens with one attached hydrogen (secondary N) is 1. The smallest absolute Gasteiger partial charge is 0.374 e. The van der Waals surface area contributed by atoms with Gasteiger partial charge in [0.2, 0.25) is 5.78 Å². The first-order valence-corrected chi connectivity index (χ1v) is 9.15. The lowest BCUT2D eigenvalue weighted by molar-refractivity contribution is -0.153. The van der Waals surface area contributed by atoms with Gasteiger partial charge in [0.1, 0.15) is 11.9 Å². The molecule has 0 aromatic heterocycles. The van der Waals surface area contributed by atoms with E-state index in [0.717, 1.165) is 7.11 Å². The van der Waals surface area contributed by atoms with Crippen LogP contribution in [0, 0.1) is 11.8 Å². The summed E-state index contributed by atoms with van der Waals surface area (Å²) in [7, 11) is 2.38. The number of allylic oxidation sites excluding steroid dienone is 1. The number of fused-ring (bicyclic) bond motifs is 2. The van der Waals surface area contributed by atoms with Gasteiger partial charge in [0.15, 0.2) is 0 Å². The van der Waals surface area contributed by atoms with Crippen molar-refractivity contribution in [2.45, 2.75) is 19.0 Å². The summed E-state index contributed by atoms with van der Waals surface area (Å²) >= 11 is 0. The van der Waals surface area contributed by atoms with Crippen LogP contribution in [0.3, 0.4) is 0 Å². The molecule has 1 saturated carbocycles. The van der Waals surface area contributed by atoms with E-state index in [9.17, 15) is 19.2 Å². The van der Waals surface area contributed by atoms with Gasteiger partial charge in [-0.25, -0.2) is 14.6 Å². The Kier molecular flexibility index (Phi) is 4.75. The highest BCUT2D eigenvalue weighted by molar-refractivity contribution is 6.40. The molecule has 2 aliphatic heterocycles. The van der Waals surface area contributed by atoms with Gasteiger partial charge in [0, 0.05) is 5.92 Å². The number of esters is 2. The van der Waals surface area contributed by atoms with Crippen LogP contribution in [-0.2, 0) is 28.7 Å². The Labute approximate surface area is 166 Å². The Morgan fingerprint density at radius 3 is 2.48 bits per heavy atom. The fourth-order valence-corrected chi connectivity index (χ4v) is 4.22. The number of anilines is 1. The fourth-order valence-electron chi connectivity index (χ4n) is 4.22. The van der Waals surface area contributed by atoms with Crippen LogP contribution in [0.4, 0.5) is 5.69 Å². The van der Waals surface area contributed by atoms with Crippen LogP contribution < -0.4 is 10.4 Å². The molecule has 3 atom stereocenters. The van der Waals surface area contributed by atoms with Gasteiger partial charge in [-0.1, -0.05) is 18.2 Å². The molecule has 1 aromatic rings. The maximum absolute atomic E-state index is 13.2. The number of Topliss-reactive ketones (excluding diaryl/α,β-unsaturated/α-hetero) is 1. The van der Waals surface area contributed by atoms with Gasteiger partial charge in [-0.2, -0.15) is 5.43 Å². The van der Waals surface area contributed by atoms with Crippen LogP contribution in [0.25, 0.3) is 0 Å². The molecule has 2 fully saturated rings. The molecule has 150 valence electrons. The van der Waals surface area contributed by atoms with E-state index in [1.165, 1.54) is 12.1 Å². The zero-order valence-electron chi connectivity index (χ0n) is 15.9. The van der Waals surface area contributed by atoms with E-state index in [-0.39, 0.29) is 11.6 Å². The highest BCUT2D eigenvalue weighted by Gasteiger charge is 2.51. The summed E-state index contributed by atoms with van der Waals surface area (Å²) in [6, 6.07) is 8.90. The summed E-state index contributed by atoms with van der Waals surface area (Å²) in [4.78, 5) is 54.5. The molecule has 1 saturated heterocycles. The SMILES string of the molecule is COC(=O)C(=O)[C@@H]1CC[C@H]2C(C(=O)OC)=N[C@@H]3NN(c4ccccc4)C(=O)C3=C12. The van der Waals surface area contributed by atoms with Crippen molar-refractivity contribution in [1.82, 2.24) is 5.43 Å². The van der Waals surface area contributed by atoms with E-state index in [0.29, 0.717) is 29.7 Å². The second-order valence-electron chi connectivity index (χ2n) is 6.92. The Balaban J connectivity index is 1.82. The number of nitrogens with zero attached hydrogens (tertiary/aromatic N) is 2. The largest absolute Gasteiger partial charge is 0.465 e. The molecule has 3 aliphatic rings. The summed E-state index contributed by atoms with van der Waals surface area (Å²) < 4.78 is 9.44. The zero-order valence-corrected chi connectivity index (χ0v) is 15.9.